The SMILES string of the molecule is C1CCCC(SN2CCCCC2)CCC1. The molecule has 0 unspecified atom stereocenters. The van der Waals surface area contributed by atoms with E-state index in [0.29, 0.717) is 0 Å². The summed E-state index contributed by atoms with van der Waals surface area (Å²) in [6, 6.07) is 0. The molecule has 0 aromatic rings. The van der Waals surface area contributed by atoms with E-state index in [-0.39, 0.29) is 0 Å². The van der Waals surface area contributed by atoms with Crippen molar-refractivity contribution in [1.82, 2.24) is 4.31 Å². The fourth-order valence-electron chi connectivity index (χ4n) is 2.71. The fourth-order valence-corrected chi connectivity index (χ4v) is 4.14. The lowest BCUT2D eigenvalue weighted by atomic mass is 10.0. The van der Waals surface area contributed by atoms with Crippen LogP contribution in [0.25, 0.3) is 0 Å². The second-order valence-electron chi connectivity index (χ2n) is 5.06. The van der Waals surface area contributed by atoms with Crippen molar-refractivity contribution in [2.24, 2.45) is 0 Å². The Morgan fingerprint density at radius 1 is 0.667 bits per heavy atom. The van der Waals surface area contributed by atoms with Crippen molar-refractivity contribution in [3.8, 4) is 0 Å². The van der Waals surface area contributed by atoms with Crippen molar-refractivity contribution in [3.63, 3.8) is 0 Å². The first kappa shape index (κ1) is 11.8. The van der Waals surface area contributed by atoms with E-state index in [0.717, 1.165) is 5.25 Å². The molecule has 2 aliphatic rings. The van der Waals surface area contributed by atoms with E-state index in [1.807, 2.05) is 0 Å². The lowest BCUT2D eigenvalue weighted by molar-refractivity contribution is 0.375. The Labute approximate surface area is 99.1 Å². The summed E-state index contributed by atoms with van der Waals surface area (Å²) < 4.78 is 2.65. The predicted molar refractivity (Wildman–Crippen MR) is 69.1 cm³/mol. The zero-order chi connectivity index (χ0) is 10.3. The van der Waals surface area contributed by atoms with Crippen LogP contribution in [0.4, 0.5) is 0 Å². The molecular formula is C13H25NS. The third-order valence-corrected chi connectivity index (χ3v) is 5.10. The molecule has 0 aromatic heterocycles. The second kappa shape index (κ2) is 6.80. The van der Waals surface area contributed by atoms with E-state index >= 15 is 0 Å². The molecule has 0 amide bonds. The Bertz CT molecular complexity index is 158. The van der Waals surface area contributed by atoms with Crippen LogP contribution < -0.4 is 0 Å². The molecule has 1 aliphatic heterocycles. The van der Waals surface area contributed by atoms with E-state index in [1.54, 1.807) is 0 Å². The van der Waals surface area contributed by atoms with Crippen molar-refractivity contribution in [2.75, 3.05) is 13.1 Å². The molecule has 0 N–H and O–H groups in total. The van der Waals surface area contributed by atoms with Crippen LogP contribution in [0.5, 0.6) is 0 Å². The first-order valence-electron chi connectivity index (χ1n) is 6.87. The van der Waals surface area contributed by atoms with Crippen LogP contribution in [0.2, 0.25) is 0 Å². The minimum Gasteiger partial charge on any atom is -0.250 e. The molecule has 1 heterocycles. The van der Waals surface area contributed by atoms with E-state index in [2.05, 4.69) is 16.3 Å². The Kier molecular flexibility index (Phi) is 5.34. The smallest absolute Gasteiger partial charge is 0.0195 e. The topological polar surface area (TPSA) is 3.24 Å². The van der Waals surface area contributed by atoms with E-state index in [4.69, 9.17) is 0 Å². The largest absolute Gasteiger partial charge is 0.250 e. The first-order valence-corrected chi connectivity index (χ1v) is 7.70. The van der Waals surface area contributed by atoms with Crippen molar-refractivity contribution < 1.29 is 0 Å². The Balaban J connectivity index is 1.70. The quantitative estimate of drug-likeness (QED) is 0.649. The van der Waals surface area contributed by atoms with Crippen LogP contribution in [-0.2, 0) is 0 Å². The van der Waals surface area contributed by atoms with Crippen molar-refractivity contribution in [2.45, 2.75) is 69.5 Å². The van der Waals surface area contributed by atoms with Crippen LogP contribution in [0, 0.1) is 0 Å². The number of piperidine rings is 1. The molecule has 2 fully saturated rings. The molecule has 2 rings (SSSR count). The minimum absolute atomic E-state index is 0.948. The van der Waals surface area contributed by atoms with Gasteiger partial charge >= 0.3 is 0 Å². The highest BCUT2D eigenvalue weighted by Crippen LogP contribution is 2.30. The van der Waals surface area contributed by atoms with Gasteiger partial charge in [0.15, 0.2) is 0 Å². The minimum atomic E-state index is 0.948. The van der Waals surface area contributed by atoms with Gasteiger partial charge in [-0.15, -0.1) is 0 Å². The molecule has 1 saturated heterocycles. The third kappa shape index (κ3) is 4.36. The lowest BCUT2D eigenvalue weighted by Crippen LogP contribution is -2.26. The summed E-state index contributed by atoms with van der Waals surface area (Å²) in [5.41, 5.74) is 0. The molecule has 15 heavy (non-hydrogen) atoms. The molecule has 0 radical (unpaired) electrons. The van der Waals surface area contributed by atoms with Crippen LogP contribution in [0.1, 0.15) is 64.2 Å². The van der Waals surface area contributed by atoms with Crippen molar-refractivity contribution in [3.05, 3.63) is 0 Å². The molecule has 0 spiro atoms. The maximum Gasteiger partial charge on any atom is 0.0195 e. The maximum absolute atomic E-state index is 2.65. The molecular weight excluding hydrogens is 202 g/mol. The maximum atomic E-state index is 2.65. The summed E-state index contributed by atoms with van der Waals surface area (Å²) in [7, 11) is 0. The van der Waals surface area contributed by atoms with E-state index in [9.17, 15) is 0 Å². The highest BCUT2D eigenvalue weighted by Gasteiger charge is 2.17. The summed E-state index contributed by atoms with van der Waals surface area (Å²) in [6.07, 6.45) is 14.7. The Morgan fingerprint density at radius 2 is 1.20 bits per heavy atom. The number of rotatable bonds is 2. The van der Waals surface area contributed by atoms with Gasteiger partial charge in [0.2, 0.25) is 0 Å². The monoisotopic (exact) mass is 227 g/mol. The van der Waals surface area contributed by atoms with Gasteiger partial charge in [0.25, 0.3) is 0 Å². The zero-order valence-electron chi connectivity index (χ0n) is 9.92. The summed E-state index contributed by atoms with van der Waals surface area (Å²) in [6.45, 7) is 2.70. The van der Waals surface area contributed by atoms with Crippen molar-refractivity contribution in [1.29, 1.82) is 0 Å². The first-order chi connectivity index (χ1) is 7.45. The van der Waals surface area contributed by atoms with Crippen molar-refractivity contribution >= 4 is 11.9 Å². The standard InChI is InChI=1S/C13H25NS/c1-2-5-9-13(10-6-3-1)15-14-11-7-4-8-12-14/h13H,1-12H2. The average Bonchev–Trinajstić information content (AvgIpc) is 2.23. The molecule has 0 aromatic carbocycles. The van der Waals surface area contributed by atoms with Gasteiger partial charge in [0.1, 0.15) is 0 Å². The Morgan fingerprint density at radius 3 is 1.87 bits per heavy atom. The summed E-state index contributed by atoms with van der Waals surface area (Å²) >= 11 is 2.20. The summed E-state index contributed by atoms with van der Waals surface area (Å²) in [5.74, 6) is 0. The van der Waals surface area contributed by atoms with Gasteiger partial charge in [0, 0.05) is 18.3 Å². The average molecular weight is 227 g/mol. The van der Waals surface area contributed by atoms with Crippen LogP contribution in [-0.4, -0.2) is 22.6 Å². The molecule has 1 saturated carbocycles. The van der Waals surface area contributed by atoms with Crippen LogP contribution in [0.3, 0.4) is 0 Å². The van der Waals surface area contributed by atoms with Crippen LogP contribution >= 0.6 is 11.9 Å². The van der Waals surface area contributed by atoms with Crippen LogP contribution in [0.15, 0.2) is 0 Å². The number of hydrogen-bond acceptors (Lipinski definition) is 2. The second-order valence-corrected chi connectivity index (χ2v) is 6.46. The molecule has 1 aliphatic carbocycles. The fraction of sp³-hybridized carbons (Fsp3) is 1.00. The highest BCUT2D eigenvalue weighted by molar-refractivity contribution is 7.97. The third-order valence-electron chi connectivity index (χ3n) is 3.67. The molecule has 2 heteroatoms. The normalized spacial score (nSPS) is 27.2. The Hall–Kier alpha value is 0.310. The zero-order valence-corrected chi connectivity index (χ0v) is 10.7. The lowest BCUT2D eigenvalue weighted by Gasteiger charge is -2.30. The van der Waals surface area contributed by atoms with Gasteiger partial charge in [-0.3, -0.25) is 4.31 Å². The van der Waals surface area contributed by atoms with Gasteiger partial charge in [-0.2, -0.15) is 0 Å². The number of hydrogen-bond donors (Lipinski definition) is 0. The van der Waals surface area contributed by atoms with E-state index < -0.39 is 0 Å². The molecule has 1 nitrogen and oxygen atoms in total. The summed E-state index contributed by atoms with van der Waals surface area (Å²) in [4.78, 5) is 0. The van der Waals surface area contributed by atoms with E-state index in [1.165, 1.54) is 77.3 Å². The van der Waals surface area contributed by atoms with Gasteiger partial charge < -0.3 is 0 Å². The van der Waals surface area contributed by atoms with Gasteiger partial charge in [-0.05, 0) is 25.7 Å². The molecule has 0 bridgehead atoms. The van der Waals surface area contributed by atoms with Gasteiger partial charge in [0.05, 0.1) is 0 Å². The molecule has 88 valence electrons. The predicted octanol–water partition coefficient (Wildman–Crippen LogP) is 4.23. The summed E-state index contributed by atoms with van der Waals surface area (Å²) in [5, 5.41) is 0.948. The van der Waals surface area contributed by atoms with Gasteiger partial charge in [-0.1, -0.05) is 50.5 Å². The van der Waals surface area contributed by atoms with Gasteiger partial charge in [-0.25, -0.2) is 0 Å². The number of nitrogens with zero attached hydrogens (tertiary/aromatic N) is 1. The highest BCUT2D eigenvalue weighted by atomic mass is 32.2. The molecule has 0 atom stereocenters.